The van der Waals surface area contributed by atoms with E-state index in [0.717, 1.165) is 5.92 Å². The zero-order valence-corrected chi connectivity index (χ0v) is 11.7. The van der Waals surface area contributed by atoms with Gasteiger partial charge in [-0.1, -0.05) is 54.4 Å². The van der Waals surface area contributed by atoms with Crippen LogP contribution in [-0.2, 0) is 0 Å². The Hall–Kier alpha value is -0.0100. The molecule has 2 heteroatoms. The van der Waals surface area contributed by atoms with E-state index in [2.05, 4.69) is 48.0 Å². The van der Waals surface area contributed by atoms with Crippen LogP contribution in [0.5, 0.6) is 0 Å². The van der Waals surface area contributed by atoms with Crippen molar-refractivity contribution in [1.29, 1.82) is 0 Å². The summed E-state index contributed by atoms with van der Waals surface area (Å²) in [5.41, 5.74) is 1.34. The van der Waals surface area contributed by atoms with Crippen molar-refractivity contribution in [1.82, 2.24) is 0 Å². The van der Waals surface area contributed by atoms with Gasteiger partial charge in [-0.2, -0.15) is 0 Å². The Kier molecular flexibility index (Phi) is 5.70. The average Bonchev–Trinajstić information content (AvgIpc) is 2.21. The number of hydrogen-bond donors (Lipinski definition) is 0. The Morgan fingerprint density at radius 1 is 1.20 bits per heavy atom. The molecule has 0 radical (unpaired) electrons. The standard InChI is InChI=1S/C13H18BrCl/c1-10(2)7-8-11(9-15)12-5-3-4-6-13(12)14/h3-6,10-11H,7-9H2,1-2H3. The van der Waals surface area contributed by atoms with Gasteiger partial charge in [-0.3, -0.25) is 0 Å². The van der Waals surface area contributed by atoms with Crippen molar-refractivity contribution >= 4 is 27.5 Å². The summed E-state index contributed by atoms with van der Waals surface area (Å²) in [7, 11) is 0. The van der Waals surface area contributed by atoms with Crippen LogP contribution >= 0.6 is 27.5 Å². The van der Waals surface area contributed by atoms with Gasteiger partial charge in [0.2, 0.25) is 0 Å². The van der Waals surface area contributed by atoms with Crippen LogP contribution < -0.4 is 0 Å². The minimum Gasteiger partial charge on any atom is -0.126 e. The van der Waals surface area contributed by atoms with Crippen LogP contribution in [0.4, 0.5) is 0 Å². The van der Waals surface area contributed by atoms with Crippen LogP contribution in [-0.4, -0.2) is 5.88 Å². The third-order valence-corrected chi connectivity index (χ3v) is 3.72. The Morgan fingerprint density at radius 3 is 2.40 bits per heavy atom. The second-order valence-electron chi connectivity index (χ2n) is 4.34. The maximum absolute atomic E-state index is 6.04. The summed E-state index contributed by atoms with van der Waals surface area (Å²) >= 11 is 9.62. The molecule has 0 nitrogen and oxygen atoms in total. The SMILES string of the molecule is CC(C)CCC(CCl)c1ccccc1Br. The molecular weight excluding hydrogens is 272 g/mol. The molecule has 0 saturated heterocycles. The molecule has 0 fully saturated rings. The number of benzene rings is 1. The first kappa shape index (κ1) is 13.1. The van der Waals surface area contributed by atoms with E-state index in [1.54, 1.807) is 0 Å². The van der Waals surface area contributed by atoms with E-state index in [1.807, 2.05) is 6.07 Å². The largest absolute Gasteiger partial charge is 0.126 e. The lowest BCUT2D eigenvalue weighted by Crippen LogP contribution is -2.03. The van der Waals surface area contributed by atoms with Gasteiger partial charge in [-0.25, -0.2) is 0 Å². The lowest BCUT2D eigenvalue weighted by atomic mass is 9.93. The fraction of sp³-hybridized carbons (Fsp3) is 0.538. The number of rotatable bonds is 5. The molecule has 1 atom stereocenters. The summed E-state index contributed by atoms with van der Waals surface area (Å²) in [6, 6.07) is 8.37. The second-order valence-corrected chi connectivity index (χ2v) is 5.51. The lowest BCUT2D eigenvalue weighted by Gasteiger charge is -2.17. The molecule has 1 aromatic carbocycles. The third-order valence-electron chi connectivity index (χ3n) is 2.62. The summed E-state index contributed by atoms with van der Waals surface area (Å²) < 4.78 is 1.18. The Balaban J connectivity index is 2.70. The zero-order chi connectivity index (χ0) is 11.3. The smallest absolute Gasteiger partial charge is 0.0292 e. The van der Waals surface area contributed by atoms with E-state index in [1.165, 1.54) is 22.9 Å². The number of hydrogen-bond acceptors (Lipinski definition) is 0. The van der Waals surface area contributed by atoms with E-state index >= 15 is 0 Å². The highest BCUT2D eigenvalue weighted by Crippen LogP contribution is 2.30. The van der Waals surface area contributed by atoms with E-state index < -0.39 is 0 Å². The van der Waals surface area contributed by atoms with E-state index in [9.17, 15) is 0 Å². The van der Waals surface area contributed by atoms with Gasteiger partial charge in [-0.05, 0) is 29.9 Å². The summed E-state index contributed by atoms with van der Waals surface area (Å²) in [5, 5.41) is 0. The molecule has 0 bridgehead atoms. The molecule has 1 aromatic rings. The Bertz CT molecular complexity index is 296. The molecule has 1 rings (SSSR count). The zero-order valence-electron chi connectivity index (χ0n) is 9.34. The monoisotopic (exact) mass is 288 g/mol. The average molecular weight is 290 g/mol. The number of alkyl halides is 1. The van der Waals surface area contributed by atoms with Crippen molar-refractivity contribution in [2.24, 2.45) is 5.92 Å². The van der Waals surface area contributed by atoms with Gasteiger partial charge in [0, 0.05) is 10.4 Å². The highest BCUT2D eigenvalue weighted by molar-refractivity contribution is 9.10. The molecule has 0 aliphatic rings. The predicted molar refractivity (Wildman–Crippen MR) is 71.7 cm³/mol. The van der Waals surface area contributed by atoms with Crippen molar-refractivity contribution in [3.8, 4) is 0 Å². The van der Waals surface area contributed by atoms with Crippen molar-refractivity contribution in [2.75, 3.05) is 5.88 Å². The van der Waals surface area contributed by atoms with E-state index in [4.69, 9.17) is 11.6 Å². The molecule has 0 aliphatic carbocycles. The molecule has 0 N–H and O–H groups in total. The van der Waals surface area contributed by atoms with Crippen LogP contribution in [0.25, 0.3) is 0 Å². The normalized spacial score (nSPS) is 13.1. The molecule has 0 amide bonds. The number of halogens is 2. The lowest BCUT2D eigenvalue weighted by molar-refractivity contribution is 0.518. The fourth-order valence-electron chi connectivity index (χ4n) is 1.66. The van der Waals surface area contributed by atoms with Crippen LogP contribution in [0.15, 0.2) is 28.7 Å². The quantitative estimate of drug-likeness (QED) is 0.653. The molecule has 15 heavy (non-hydrogen) atoms. The summed E-state index contributed by atoms with van der Waals surface area (Å²) in [6.07, 6.45) is 2.41. The van der Waals surface area contributed by atoms with Crippen molar-refractivity contribution in [3.05, 3.63) is 34.3 Å². The predicted octanol–water partition coefficient (Wildman–Crippen LogP) is 5.21. The van der Waals surface area contributed by atoms with Gasteiger partial charge in [0.15, 0.2) is 0 Å². The third kappa shape index (κ3) is 4.16. The van der Waals surface area contributed by atoms with Gasteiger partial charge in [-0.15, -0.1) is 11.6 Å². The topological polar surface area (TPSA) is 0 Å². The Morgan fingerprint density at radius 2 is 1.87 bits per heavy atom. The second kappa shape index (κ2) is 6.55. The first-order chi connectivity index (χ1) is 7.15. The van der Waals surface area contributed by atoms with Gasteiger partial charge < -0.3 is 0 Å². The van der Waals surface area contributed by atoms with Gasteiger partial charge >= 0.3 is 0 Å². The van der Waals surface area contributed by atoms with Crippen LogP contribution in [0.1, 0.15) is 38.2 Å². The maximum atomic E-state index is 6.04. The van der Waals surface area contributed by atoms with Gasteiger partial charge in [0.25, 0.3) is 0 Å². The summed E-state index contributed by atoms with van der Waals surface area (Å²) in [4.78, 5) is 0. The molecule has 0 heterocycles. The molecule has 84 valence electrons. The van der Waals surface area contributed by atoms with Gasteiger partial charge in [0.1, 0.15) is 0 Å². The highest BCUT2D eigenvalue weighted by atomic mass is 79.9. The Labute approximate surface area is 106 Å². The summed E-state index contributed by atoms with van der Waals surface area (Å²) in [6.45, 7) is 4.51. The van der Waals surface area contributed by atoms with Crippen LogP contribution in [0.2, 0.25) is 0 Å². The molecular formula is C13H18BrCl. The first-order valence-electron chi connectivity index (χ1n) is 5.45. The maximum Gasteiger partial charge on any atom is 0.0292 e. The van der Waals surface area contributed by atoms with Crippen molar-refractivity contribution in [3.63, 3.8) is 0 Å². The minimum atomic E-state index is 0.477. The van der Waals surface area contributed by atoms with E-state index in [-0.39, 0.29) is 0 Å². The minimum absolute atomic E-state index is 0.477. The van der Waals surface area contributed by atoms with Crippen molar-refractivity contribution < 1.29 is 0 Å². The highest BCUT2D eigenvalue weighted by Gasteiger charge is 2.13. The van der Waals surface area contributed by atoms with E-state index in [0.29, 0.717) is 11.8 Å². The molecule has 0 aromatic heterocycles. The van der Waals surface area contributed by atoms with Crippen LogP contribution in [0, 0.1) is 5.92 Å². The molecule has 0 aliphatic heterocycles. The summed E-state index contributed by atoms with van der Waals surface area (Å²) in [5.74, 6) is 1.93. The van der Waals surface area contributed by atoms with Crippen molar-refractivity contribution in [2.45, 2.75) is 32.6 Å². The molecule has 1 unspecified atom stereocenters. The molecule has 0 spiro atoms. The van der Waals surface area contributed by atoms with Crippen LogP contribution in [0.3, 0.4) is 0 Å². The first-order valence-corrected chi connectivity index (χ1v) is 6.78. The molecule has 0 saturated carbocycles. The van der Waals surface area contributed by atoms with Gasteiger partial charge in [0.05, 0.1) is 0 Å². The fourth-order valence-corrected chi connectivity index (χ4v) is 2.59.